The lowest BCUT2D eigenvalue weighted by atomic mass is 9.95. The van der Waals surface area contributed by atoms with E-state index in [9.17, 15) is 9.59 Å². The number of carbonyl (C=O) groups is 2. The lowest BCUT2D eigenvalue weighted by Crippen LogP contribution is -2.52. The summed E-state index contributed by atoms with van der Waals surface area (Å²) in [6.07, 6.45) is 9.30. The first-order valence-corrected chi connectivity index (χ1v) is 8.70. The van der Waals surface area contributed by atoms with Crippen LogP contribution in [-0.2, 0) is 21.4 Å². The summed E-state index contributed by atoms with van der Waals surface area (Å²) in [5, 5.41) is 3.05. The molecule has 0 unspecified atom stereocenters. The largest absolute Gasteiger partial charge is 0.368 e. The predicted molar refractivity (Wildman–Crippen MR) is 88.1 cm³/mol. The van der Waals surface area contributed by atoms with Crippen molar-refractivity contribution in [3.63, 3.8) is 0 Å². The Hall–Kier alpha value is -1.89. The number of amides is 2. The lowest BCUT2D eigenvalue weighted by molar-refractivity contribution is -0.139. The molecule has 7 nitrogen and oxygen atoms in total. The Morgan fingerprint density at radius 1 is 1.33 bits per heavy atom. The summed E-state index contributed by atoms with van der Waals surface area (Å²) >= 11 is 0. The zero-order valence-corrected chi connectivity index (χ0v) is 14.4. The number of hydrogen-bond donors (Lipinski definition) is 1. The van der Waals surface area contributed by atoms with Crippen LogP contribution in [0.5, 0.6) is 0 Å². The van der Waals surface area contributed by atoms with E-state index in [-0.39, 0.29) is 36.6 Å². The molecule has 7 heteroatoms. The molecule has 2 amide bonds. The zero-order valence-electron chi connectivity index (χ0n) is 14.4. The highest BCUT2D eigenvalue weighted by Crippen LogP contribution is 2.29. The lowest BCUT2D eigenvalue weighted by Gasteiger charge is -2.38. The maximum atomic E-state index is 12.3. The molecular weight excluding hydrogens is 308 g/mol. The zero-order chi connectivity index (χ0) is 17.1. The van der Waals surface area contributed by atoms with Crippen molar-refractivity contribution >= 4 is 11.8 Å². The minimum atomic E-state index is -0.248. The second-order valence-corrected chi connectivity index (χ2v) is 6.78. The standard InChI is InChI=1S/C17H26N4O3/c1-20-10-9-18-17(20)16-13(7-8-15(23)21(16)2)19-14(22)11-24-12-5-3-4-6-12/h9-10,12-13,16H,3-8,11H2,1-2H3,(H,19,22)/t13-,16-/m1/s1. The molecule has 2 heterocycles. The van der Waals surface area contributed by atoms with Gasteiger partial charge >= 0.3 is 0 Å². The molecule has 1 aliphatic carbocycles. The van der Waals surface area contributed by atoms with Crippen LogP contribution in [0.15, 0.2) is 12.4 Å². The number of ether oxygens (including phenoxy) is 1. The van der Waals surface area contributed by atoms with Gasteiger partial charge in [0.2, 0.25) is 11.8 Å². The fourth-order valence-corrected chi connectivity index (χ4v) is 3.70. The second kappa shape index (κ2) is 7.34. The Labute approximate surface area is 142 Å². The molecule has 2 atom stereocenters. The number of piperidine rings is 1. The Balaban J connectivity index is 1.64. The number of aromatic nitrogens is 2. The number of likely N-dealkylation sites (N-methyl/N-ethyl adjacent to an activating group) is 1. The molecule has 0 radical (unpaired) electrons. The van der Waals surface area contributed by atoms with Crippen molar-refractivity contribution in [3.8, 4) is 0 Å². The fourth-order valence-electron chi connectivity index (χ4n) is 3.70. The Morgan fingerprint density at radius 3 is 2.75 bits per heavy atom. The van der Waals surface area contributed by atoms with Crippen molar-refractivity contribution in [1.29, 1.82) is 0 Å². The molecule has 24 heavy (non-hydrogen) atoms. The van der Waals surface area contributed by atoms with Gasteiger partial charge < -0.3 is 19.5 Å². The summed E-state index contributed by atoms with van der Waals surface area (Å²) in [5.41, 5.74) is 0. The van der Waals surface area contributed by atoms with Crippen LogP contribution in [0.4, 0.5) is 0 Å². The summed E-state index contributed by atoms with van der Waals surface area (Å²) in [6.45, 7) is 0.0894. The van der Waals surface area contributed by atoms with Crippen LogP contribution < -0.4 is 5.32 Å². The van der Waals surface area contributed by atoms with Crippen LogP contribution in [0, 0.1) is 0 Å². The van der Waals surface area contributed by atoms with E-state index in [4.69, 9.17) is 4.74 Å². The topological polar surface area (TPSA) is 76.5 Å². The minimum absolute atomic E-state index is 0.0794. The van der Waals surface area contributed by atoms with E-state index in [0.29, 0.717) is 12.8 Å². The van der Waals surface area contributed by atoms with Crippen molar-refractivity contribution in [3.05, 3.63) is 18.2 Å². The van der Waals surface area contributed by atoms with E-state index in [1.165, 1.54) is 12.8 Å². The third kappa shape index (κ3) is 3.61. The van der Waals surface area contributed by atoms with Gasteiger partial charge in [-0.05, 0) is 19.3 Å². The van der Waals surface area contributed by atoms with E-state index in [1.54, 1.807) is 18.1 Å². The van der Waals surface area contributed by atoms with Gasteiger partial charge in [0.1, 0.15) is 18.5 Å². The van der Waals surface area contributed by atoms with Gasteiger partial charge in [-0.15, -0.1) is 0 Å². The number of likely N-dealkylation sites (tertiary alicyclic amines) is 1. The molecule has 1 aromatic heterocycles. The van der Waals surface area contributed by atoms with Crippen molar-refractivity contribution in [2.24, 2.45) is 7.05 Å². The number of rotatable bonds is 5. The van der Waals surface area contributed by atoms with E-state index >= 15 is 0 Å². The van der Waals surface area contributed by atoms with Crippen LogP contribution in [-0.4, -0.2) is 52.1 Å². The van der Waals surface area contributed by atoms with Crippen molar-refractivity contribution in [1.82, 2.24) is 19.8 Å². The van der Waals surface area contributed by atoms with E-state index in [2.05, 4.69) is 10.3 Å². The van der Waals surface area contributed by atoms with Gasteiger partial charge in [-0.25, -0.2) is 4.98 Å². The minimum Gasteiger partial charge on any atom is -0.368 e. The summed E-state index contributed by atoms with van der Waals surface area (Å²) in [5.74, 6) is 0.747. The van der Waals surface area contributed by atoms with Crippen LogP contribution in [0.3, 0.4) is 0 Å². The number of imidazole rings is 1. The number of hydrogen-bond acceptors (Lipinski definition) is 4. The molecule has 0 spiro atoms. The normalized spacial score (nSPS) is 25.2. The maximum absolute atomic E-state index is 12.3. The van der Waals surface area contributed by atoms with E-state index in [1.807, 2.05) is 17.8 Å². The molecular formula is C17H26N4O3. The highest BCUT2D eigenvalue weighted by atomic mass is 16.5. The summed E-state index contributed by atoms with van der Waals surface area (Å²) in [4.78, 5) is 30.4. The highest BCUT2D eigenvalue weighted by Gasteiger charge is 2.37. The molecule has 1 aromatic rings. The molecule has 2 aliphatic rings. The molecule has 2 fully saturated rings. The number of carbonyl (C=O) groups excluding carboxylic acids is 2. The summed E-state index contributed by atoms with van der Waals surface area (Å²) in [7, 11) is 3.67. The van der Waals surface area contributed by atoms with Gasteiger partial charge in [0.15, 0.2) is 0 Å². The van der Waals surface area contributed by atoms with Crippen molar-refractivity contribution < 1.29 is 14.3 Å². The van der Waals surface area contributed by atoms with Crippen LogP contribution >= 0.6 is 0 Å². The third-order valence-corrected chi connectivity index (χ3v) is 5.08. The van der Waals surface area contributed by atoms with Crippen LogP contribution in [0.1, 0.15) is 50.4 Å². The molecule has 0 bridgehead atoms. The van der Waals surface area contributed by atoms with E-state index < -0.39 is 0 Å². The number of nitrogens with zero attached hydrogens (tertiary/aromatic N) is 3. The number of nitrogens with one attached hydrogen (secondary N) is 1. The first-order valence-electron chi connectivity index (χ1n) is 8.70. The highest BCUT2D eigenvalue weighted by molar-refractivity contribution is 5.80. The number of aryl methyl sites for hydroxylation is 1. The monoisotopic (exact) mass is 334 g/mol. The Morgan fingerprint density at radius 2 is 2.08 bits per heavy atom. The molecule has 1 saturated carbocycles. The van der Waals surface area contributed by atoms with Gasteiger partial charge in [-0.1, -0.05) is 12.8 Å². The molecule has 1 saturated heterocycles. The average molecular weight is 334 g/mol. The molecule has 3 rings (SSSR count). The Kier molecular flexibility index (Phi) is 5.18. The van der Waals surface area contributed by atoms with E-state index in [0.717, 1.165) is 18.7 Å². The third-order valence-electron chi connectivity index (χ3n) is 5.08. The fraction of sp³-hybridized carbons (Fsp3) is 0.706. The average Bonchev–Trinajstić information content (AvgIpc) is 3.21. The van der Waals surface area contributed by atoms with Gasteiger partial charge in [0.05, 0.1) is 12.1 Å². The summed E-state index contributed by atoms with van der Waals surface area (Å²) in [6, 6.07) is -0.393. The molecule has 1 aliphatic heterocycles. The predicted octanol–water partition coefficient (Wildman–Crippen LogP) is 1.16. The van der Waals surface area contributed by atoms with Gasteiger partial charge in [0.25, 0.3) is 0 Å². The second-order valence-electron chi connectivity index (χ2n) is 6.78. The van der Waals surface area contributed by atoms with Crippen molar-refractivity contribution in [2.45, 2.75) is 56.7 Å². The SMILES string of the molecule is CN1C(=O)CC[C@@H](NC(=O)COC2CCCC2)[C@@H]1c1nccn1C. The quantitative estimate of drug-likeness (QED) is 0.876. The molecule has 132 valence electrons. The first-order chi connectivity index (χ1) is 11.6. The first kappa shape index (κ1) is 17.0. The maximum Gasteiger partial charge on any atom is 0.246 e. The van der Waals surface area contributed by atoms with Crippen LogP contribution in [0.2, 0.25) is 0 Å². The van der Waals surface area contributed by atoms with Gasteiger partial charge in [-0.3, -0.25) is 9.59 Å². The molecule has 1 N–H and O–H groups in total. The van der Waals surface area contributed by atoms with Gasteiger partial charge in [0, 0.05) is 32.9 Å². The van der Waals surface area contributed by atoms with Crippen LogP contribution in [0.25, 0.3) is 0 Å². The van der Waals surface area contributed by atoms with Gasteiger partial charge in [-0.2, -0.15) is 0 Å². The Bertz CT molecular complexity index is 594. The van der Waals surface area contributed by atoms with Crippen molar-refractivity contribution in [2.75, 3.05) is 13.7 Å². The smallest absolute Gasteiger partial charge is 0.246 e. The summed E-state index contributed by atoms with van der Waals surface area (Å²) < 4.78 is 7.59. The molecule has 0 aromatic carbocycles.